The normalized spacial score (nSPS) is 10.5. The van der Waals surface area contributed by atoms with Crippen LogP contribution in [0.15, 0.2) is 33.8 Å². The van der Waals surface area contributed by atoms with E-state index in [9.17, 15) is 4.79 Å². The minimum atomic E-state index is -0.0113. The second-order valence-electron chi connectivity index (χ2n) is 5.11. The molecule has 0 amide bonds. The topological polar surface area (TPSA) is 108 Å². The molecule has 116 valence electrons. The highest BCUT2D eigenvalue weighted by atomic mass is 16.5. The Morgan fingerprint density at radius 1 is 1.27 bits per heavy atom. The second kappa shape index (κ2) is 6.89. The molecule has 1 aromatic carbocycles. The van der Waals surface area contributed by atoms with Crippen molar-refractivity contribution in [2.75, 3.05) is 6.54 Å². The molecule has 1 heterocycles. The van der Waals surface area contributed by atoms with E-state index in [2.05, 4.69) is 10.1 Å². The zero-order valence-electron chi connectivity index (χ0n) is 12.8. The van der Waals surface area contributed by atoms with Crippen LogP contribution in [0, 0.1) is 13.8 Å². The van der Waals surface area contributed by atoms with Crippen LogP contribution in [0.25, 0.3) is 11.3 Å². The minimum absolute atomic E-state index is 0.0113. The van der Waals surface area contributed by atoms with E-state index < -0.39 is 0 Å². The van der Waals surface area contributed by atoms with Crippen molar-refractivity contribution in [1.29, 1.82) is 0 Å². The average molecular weight is 300 g/mol. The largest absolute Gasteiger partial charge is 0.370 e. The molecule has 1 aromatic heterocycles. The molecule has 0 radical (unpaired) electrons. The summed E-state index contributed by atoms with van der Waals surface area (Å²) in [6, 6.07) is 7.77. The number of nitrogens with two attached hydrogens (primary N) is 2. The summed E-state index contributed by atoms with van der Waals surface area (Å²) >= 11 is 0. The van der Waals surface area contributed by atoms with E-state index in [1.54, 1.807) is 6.92 Å². The van der Waals surface area contributed by atoms with Gasteiger partial charge in [0.05, 0.1) is 5.56 Å². The summed E-state index contributed by atoms with van der Waals surface area (Å²) in [7, 11) is 0. The maximum Gasteiger partial charge on any atom is 0.185 e. The van der Waals surface area contributed by atoms with Gasteiger partial charge in [-0.15, -0.1) is 0 Å². The number of ketones is 1. The molecule has 6 heteroatoms. The van der Waals surface area contributed by atoms with E-state index in [1.807, 2.05) is 31.2 Å². The van der Waals surface area contributed by atoms with Crippen LogP contribution in [0.3, 0.4) is 0 Å². The van der Waals surface area contributed by atoms with Gasteiger partial charge in [0.2, 0.25) is 0 Å². The number of hydrogen-bond acceptors (Lipinski definition) is 4. The van der Waals surface area contributed by atoms with Crippen molar-refractivity contribution < 1.29 is 9.32 Å². The van der Waals surface area contributed by atoms with Gasteiger partial charge in [-0.1, -0.05) is 29.4 Å². The summed E-state index contributed by atoms with van der Waals surface area (Å²) in [4.78, 5) is 16.3. The molecule has 0 aliphatic rings. The summed E-state index contributed by atoms with van der Waals surface area (Å²) in [5.41, 5.74) is 13.6. The molecule has 0 fully saturated rings. The summed E-state index contributed by atoms with van der Waals surface area (Å²) in [5, 5.41) is 4.06. The highest BCUT2D eigenvalue weighted by molar-refractivity contribution is 6.02. The smallest absolute Gasteiger partial charge is 0.185 e. The van der Waals surface area contributed by atoms with Crippen molar-refractivity contribution in [3.8, 4) is 11.3 Å². The first-order valence-corrected chi connectivity index (χ1v) is 7.11. The Morgan fingerprint density at radius 2 is 2.00 bits per heavy atom. The number of Topliss-reactive ketones (excluding diaryl/α,β-unsaturated/α-hetero) is 1. The molecule has 0 saturated heterocycles. The van der Waals surface area contributed by atoms with Gasteiger partial charge in [0.15, 0.2) is 11.7 Å². The summed E-state index contributed by atoms with van der Waals surface area (Å²) in [6.07, 6.45) is 0.923. The molecule has 22 heavy (non-hydrogen) atoms. The summed E-state index contributed by atoms with van der Waals surface area (Å²) in [5.74, 6) is 0.557. The third-order valence-corrected chi connectivity index (χ3v) is 3.40. The fourth-order valence-corrected chi connectivity index (χ4v) is 2.30. The summed E-state index contributed by atoms with van der Waals surface area (Å²) < 4.78 is 5.23. The Hall–Kier alpha value is -2.63. The molecule has 0 spiro atoms. The van der Waals surface area contributed by atoms with Gasteiger partial charge in [0.1, 0.15) is 11.5 Å². The van der Waals surface area contributed by atoms with E-state index in [1.165, 1.54) is 0 Å². The van der Waals surface area contributed by atoms with Gasteiger partial charge in [0, 0.05) is 18.5 Å². The lowest BCUT2D eigenvalue weighted by Gasteiger charge is -2.04. The molecule has 2 aromatic rings. The lowest BCUT2D eigenvalue weighted by Crippen LogP contribution is -2.23. The molecule has 2 rings (SSSR count). The molecule has 6 nitrogen and oxygen atoms in total. The van der Waals surface area contributed by atoms with Gasteiger partial charge in [-0.3, -0.25) is 9.79 Å². The van der Waals surface area contributed by atoms with Gasteiger partial charge >= 0.3 is 0 Å². The predicted molar refractivity (Wildman–Crippen MR) is 85.7 cm³/mol. The number of nitrogens with zero attached hydrogens (tertiary/aromatic N) is 2. The first kappa shape index (κ1) is 15.8. The maximum absolute atomic E-state index is 12.5. The lowest BCUT2D eigenvalue weighted by atomic mass is 9.97. The third kappa shape index (κ3) is 3.52. The van der Waals surface area contributed by atoms with Crippen LogP contribution in [-0.2, 0) is 0 Å². The number of guanidine groups is 1. The van der Waals surface area contributed by atoms with E-state index in [-0.39, 0.29) is 11.7 Å². The van der Waals surface area contributed by atoms with Gasteiger partial charge < -0.3 is 16.0 Å². The van der Waals surface area contributed by atoms with Crippen LogP contribution in [0.1, 0.15) is 34.5 Å². The first-order chi connectivity index (χ1) is 10.5. The molecule has 0 aliphatic carbocycles. The first-order valence-electron chi connectivity index (χ1n) is 7.11. The molecular weight excluding hydrogens is 280 g/mol. The van der Waals surface area contributed by atoms with Crippen molar-refractivity contribution in [3.05, 3.63) is 41.2 Å². The molecule has 4 N–H and O–H groups in total. The number of aryl methyl sites for hydroxylation is 2. The SMILES string of the molecule is Cc1ccccc1-c1noc(C)c1C(=O)CCCN=C(N)N. The lowest BCUT2D eigenvalue weighted by molar-refractivity contribution is 0.0980. The third-order valence-electron chi connectivity index (χ3n) is 3.40. The number of rotatable bonds is 6. The highest BCUT2D eigenvalue weighted by Crippen LogP contribution is 2.28. The number of carbonyl (C=O) groups is 1. The number of hydrogen-bond donors (Lipinski definition) is 2. The van der Waals surface area contributed by atoms with Crippen LogP contribution in [0.2, 0.25) is 0 Å². The minimum Gasteiger partial charge on any atom is -0.370 e. The quantitative estimate of drug-likeness (QED) is 0.368. The van der Waals surface area contributed by atoms with Gasteiger partial charge in [-0.05, 0) is 25.8 Å². The van der Waals surface area contributed by atoms with Crippen molar-refractivity contribution in [2.24, 2.45) is 16.5 Å². The van der Waals surface area contributed by atoms with Gasteiger partial charge in [-0.2, -0.15) is 0 Å². The Morgan fingerprint density at radius 3 is 2.68 bits per heavy atom. The molecular formula is C16H20N4O2. The van der Waals surface area contributed by atoms with Crippen LogP contribution in [0.5, 0.6) is 0 Å². The number of aliphatic imine (C=N–C) groups is 1. The monoisotopic (exact) mass is 300 g/mol. The second-order valence-corrected chi connectivity index (χ2v) is 5.11. The zero-order chi connectivity index (χ0) is 16.1. The Labute approximate surface area is 129 Å². The molecule has 0 saturated carbocycles. The number of aromatic nitrogens is 1. The van der Waals surface area contributed by atoms with Crippen molar-refractivity contribution >= 4 is 11.7 Å². The standard InChI is InChI=1S/C16H20N4O2/c1-10-6-3-4-7-12(10)15-14(11(2)22-20-15)13(21)8-5-9-19-16(17)18/h3-4,6-7H,5,8-9H2,1-2H3,(H4,17,18,19). The average Bonchev–Trinajstić information content (AvgIpc) is 2.85. The number of benzene rings is 1. The number of carbonyl (C=O) groups excluding carboxylic acids is 1. The van der Waals surface area contributed by atoms with Crippen molar-refractivity contribution in [1.82, 2.24) is 5.16 Å². The van der Waals surface area contributed by atoms with Crippen LogP contribution in [0.4, 0.5) is 0 Å². The van der Waals surface area contributed by atoms with Crippen molar-refractivity contribution in [3.63, 3.8) is 0 Å². The predicted octanol–water partition coefficient (Wildman–Crippen LogP) is 2.19. The van der Waals surface area contributed by atoms with E-state index in [0.717, 1.165) is 11.1 Å². The highest BCUT2D eigenvalue weighted by Gasteiger charge is 2.21. The van der Waals surface area contributed by atoms with Crippen LogP contribution < -0.4 is 11.5 Å². The van der Waals surface area contributed by atoms with Gasteiger partial charge in [-0.25, -0.2) is 0 Å². The van der Waals surface area contributed by atoms with Crippen LogP contribution in [-0.4, -0.2) is 23.4 Å². The Bertz CT molecular complexity index is 700. The maximum atomic E-state index is 12.5. The Balaban J connectivity index is 2.21. The summed E-state index contributed by atoms with van der Waals surface area (Å²) in [6.45, 7) is 4.16. The van der Waals surface area contributed by atoms with E-state index >= 15 is 0 Å². The van der Waals surface area contributed by atoms with Crippen molar-refractivity contribution in [2.45, 2.75) is 26.7 Å². The molecule has 0 bridgehead atoms. The van der Waals surface area contributed by atoms with E-state index in [0.29, 0.717) is 36.4 Å². The van der Waals surface area contributed by atoms with E-state index in [4.69, 9.17) is 16.0 Å². The molecule has 0 aliphatic heterocycles. The van der Waals surface area contributed by atoms with Gasteiger partial charge in [0.25, 0.3) is 0 Å². The fraction of sp³-hybridized carbons (Fsp3) is 0.312. The zero-order valence-corrected chi connectivity index (χ0v) is 12.8. The van der Waals surface area contributed by atoms with Crippen LogP contribution >= 0.6 is 0 Å². The fourth-order valence-electron chi connectivity index (χ4n) is 2.30. The Kier molecular flexibility index (Phi) is 4.93. The molecule has 0 unspecified atom stereocenters. The molecule has 0 atom stereocenters.